The van der Waals surface area contributed by atoms with Crippen molar-refractivity contribution in [1.82, 2.24) is 15.2 Å². The van der Waals surface area contributed by atoms with Crippen LogP contribution < -0.4 is 10.1 Å². The molecule has 140 valence electrons. The second-order valence-electron chi connectivity index (χ2n) is 5.87. The first-order chi connectivity index (χ1) is 11.9. The summed E-state index contributed by atoms with van der Waals surface area (Å²) in [5.74, 6) is 1.23. The Bertz CT molecular complexity index is 563. The molecule has 1 aliphatic heterocycles. The number of aliphatic imine (C=N–C) groups is 1. The molecule has 6 nitrogen and oxygen atoms in total. The highest BCUT2D eigenvalue weighted by atomic mass is 19.4. The lowest BCUT2D eigenvalue weighted by molar-refractivity contribution is -0.154. The van der Waals surface area contributed by atoms with E-state index in [0.29, 0.717) is 12.5 Å². The molecule has 1 unspecified atom stereocenters. The topological polar surface area (TPSA) is 59.0 Å². The van der Waals surface area contributed by atoms with Crippen molar-refractivity contribution in [2.75, 3.05) is 40.5 Å². The number of nitrogens with zero attached hydrogens (tertiary/aromatic N) is 3. The van der Waals surface area contributed by atoms with Crippen molar-refractivity contribution < 1.29 is 22.6 Å². The minimum atomic E-state index is -4.37. The van der Waals surface area contributed by atoms with Crippen LogP contribution >= 0.6 is 0 Å². The molecule has 1 aromatic heterocycles. The second kappa shape index (κ2) is 8.89. The Balaban J connectivity index is 1.81. The number of methoxy groups -OCH3 is 1. The molecule has 25 heavy (non-hydrogen) atoms. The van der Waals surface area contributed by atoms with E-state index in [2.05, 4.69) is 24.9 Å². The van der Waals surface area contributed by atoms with Gasteiger partial charge in [0, 0.05) is 52.0 Å². The van der Waals surface area contributed by atoms with Gasteiger partial charge in [-0.05, 0) is 12.0 Å². The third-order valence-corrected chi connectivity index (χ3v) is 3.83. The van der Waals surface area contributed by atoms with Crippen molar-refractivity contribution in [3.63, 3.8) is 0 Å². The number of nitrogens with one attached hydrogen (secondary N) is 1. The van der Waals surface area contributed by atoms with Gasteiger partial charge in [0.2, 0.25) is 5.88 Å². The first-order valence-electron chi connectivity index (χ1n) is 8.00. The zero-order valence-corrected chi connectivity index (χ0v) is 14.3. The van der Waals surface area contributed by atoms with E-state index < -0.39 is 12.8 Å². The average Bonchev–Trinajstić information content (AvgIpc) is 3.03. The molecule has 0 amide bonds. The van der Waals surface area contributed by atoms with Gasteiger partial charge in [-0.25, -0.2) is 4.98 Å². The summed E-state index contributed by atoms with van der Waals surface area (Å²) in [6, 6.07) is 3.10. The predicted octanol–water partition coefficient (Wildman–Crippen LogP) is 2.07. The fraction of sp³-hybridized carbons (Fsp3) is 0.625. The zero-order chi connectivity index (χ0) is 18.3. The Morgan fingerprint density at radius 2 is 2.24 bits per heavy atom. The molecule has 1 atom stereocenters. The molecule has 2 heterocycles. The van der Waals surface area contributed by atoms with Crippen molar-refractivity contribution in [1.29, 1.82) is 0 Å². The monoisotopic (exact) mass is 360 g/mol. The largest absolute Gasteiger partial charge is 0.468 e. The van der Waals surface area contributed by atoms with Gasteiger partial charge in [-0.1, -0.05) is 6.07 Å². The van der Waals surface area contributed by atoms with Gasteiger partial charge in [0.05, 0.1) is 6.61 Å². The number of guanidine groups is 1. The fourth-order valence-corrected chi connectivity index (χ4v) is 2.67. The second-order valence-corrected chi connectivity index (χ2v) is 5.87. The quantitative estimate of drug-likeness (QED) is 0.622. The van der Waals surface area contributed by atoms with Crippen molar-refractivity contribution >= 4 is 5.96 Å². The van der Waals surface area contributed by atoms with E-state index in [0.717, 1.165) is 37.6 Å². The number of rotatable bonds is 6. The van der Waals surface area contributed by atoms with Crippen LogP contribution in [0.4, 0.5) is 13.2 Å². The average molecular weight is 360 g/mol. The molecule has 1 saturated heterocycles. The van der Waals surface area contributed by atoms with Crippen LogP contribution in [0.5, 0.6) is 5.88 Å². The molecule has 0 aliphatic carbocycles. The van der Waals surface area contributed by atoms with E-state index in [1.807, 2.05) is 0 Å². The molecule has 0 saturated carbocycles. The van der Waals surface area contributed by atoms with Crippen molar-refractivity contribution in [3.05, 3.63) is 23.9 Å². The van der Waals surface area contributed by atoms with Crippen LogP contribution in [0.1, 0.15) is 12.0 Å². The van der Waals surface area contributed by atoms with E-state index in [1.54, 1.807) is 20.2 Å². The lowest BCUT2D eigenvalue weighted by Crippen LogP contribution is -2.39. The smallest absolute Gasteiger partial charge is 0.422 e. The number of aromatic nitrogens is 1. The van der Waals surface area contributed by atoms with Crippen molar-refractivity contribution in [2.45, 2.75) is 19.1 Å². The highest BCUT2D eigenvalue weighted by Crippen LogP contribution is 2.18. The summed E-state index contributed by atoms with van der Waals surface area (Å²) in [6.45, 7) is 1.66. The summed E-state index contributed by atoms with van der Waals surface area (Å²) in [7, 11) is 3.42. The van der Waals surface area contributed by atoms with Crippen molar-refractivity contribution in [2.24, 2.45) is 10.9 Å². The Morgan fingerprint density at radius 3 is 2.84 bits per heavy atom. The minimum absolute atomic E-state index is 0.0487. The molecule has 0 bridgehead atoms. The van der Waals surface area contributed by atoms with Crippen LogP contribution in [0.25, 0.3) is 0 Å². The number of hydrogen-bond donors (Lipinski definition) is 1. The highest BCUT2D eigenvalue weighted by Gasteiger charge is 2.28. The van der Waals surface area contributed by atoms with Crippen molar-refractivity contribution in [3.8, 4) is 5.88 Å². The molecule has 0 spiro atoms. The summed E-state index contributed by atoms with van der Waals surface area (Å²) in [4.78, 5) is 10.3. The summed E-state index contributed by atoms with van der Waals surface area (Å²) in [6.07, 6.45) is -1.82. The van der Waals surface area contributed by atoms with Gasteiger partial charge in [0.1, 0.15) is 0 Å². The number of likely N-dealkylation sites (tertiary alicyclic amines) is 1. The third-order valence-electron chi connectivity index (χ3n) is 3.83. The molecule has 9 heteroatoms. The van der Waals surface area contributed by atoms with Crippen LogP contribution in [0.3, 0.4) is 0 Å². The number of pyridine rings is 1. The highest BCUT2D eigenvalue weighted by molar-refractivity contribution is 5.80. The fourth-order valence-electron chi connectivity index (χ4n) is 2.67. The Hall–Kier alpha value is -2.03. The van der Waals surface area contributed by atoms with Crippen LogP contribution in [0.15, 0.2) is 23.3 Å². The number of alkyl halides is 3. The molecular weight excluding hydrogens is 337 g/mol. The summed E-state index contributed by atoms with van der Waals surface area (Å²) >= 11 is 0. The van der Waals surface area contributed by atoms with Crippen LogP contribution in [0.2, 0.25) is 0 Å². The maximum Gasteiger partial charge on any atom is 0.422 e. The SMILES string of the molecule is CN=C(NCc1ccc(OCC(F)(F)F)nc1)N1CCC(COC)C1. The summed E-state index contributed by atoms with van der Waals surface area (Å²) in [5, 5.41) is 3.24. The minimum Gasteiger partial charge on any atom is -0.468 e. The van der Waals surface area contributed by atoms with Gasteiger partial charge in [0.25, 0.3) is 0 Å². The number of hydrogen-bond acceptors (Lipinski definition) is 4. The molecule has 2 rings (SSSR count). The summed E-state index contributed by atoms with van der Waals surface area (Å²) in [5.41, 5.74) is 0.827. The number of ether oxygens (including phenoxy) is 2. The molecule has 0 aromatic carbocycles. The van der Waals surface area contributed by atoms with E-state index in [9.17, 15) is 13.2 Å². The van der Waals surface area contributed by atoms with E-state index in [4.69, 9.17) is 4.74 Å². The standard InChI is InChI=1S/C16H23F3N4O2/c1-20-15(23-6-5-13(9-23)10-24-2)22-8-12-3-4-14(21-7-12)25-11-16(17,18)19/h3-4,7,13H,5-6,8-11H2,1-2H3,(H,20,22). The van der Waals surface area contributed by atoms with E-state index in [-0.39, 0.29) is 5.88 Å². The van der Waals surface area contributed by atoms with Crippen LogP contribution in [0, 0.1) is 5.92 Å². The van der Waals surface area contributed by atoms with Gasteiger partial charge >= 0.3 is 6.18 Å². The molecule has 0 radical (unpaired) electrons. The molecule has 1 aromatic rings. The number of halogens is 3. The van der Waals surface area contributed by atoms with Gasteiger partial charge in [-0.2, -0.15) is 13.2 Å². The molecule has 1 aliphatic rings. The normalized spacial score (nSPS) is 18.5. The zero-order valence-electron chi connectivity index (χ0n) is 14.3. The van der Waals surface area contributed by atoms with Gasteiger partial charge in [-0.3, -0.25) is 4.99 Å². The van der Waals surface area contributed by atoms with E-state index in [1.165, 1.54) is 12.3 Å². The Labute approximate surface area is 145 Å². The Kier molecular flexibility index (Phi) is 6.86. The van der Waals surface area contributed by atoms with Crippen LogP contribution in [-0.4, -0.2) is 62.5 Å². The lowest BCUT2D eigenvalue weighted by Gasteiger charge is -2.21. The maximum absolute atomic E-state index is 12.1. The molecule has 1 fully saturated rings. The predicted molar refractivity (Wildman–Crippen MR) is 87.5 cm³/mol. The maximum atomic E-state index is 12.1. The first-order valence-corrected chi connectivity index (χ1v) is 8.00. The molecular formula is C16H23F3N4O2. The van der Waals surface area contributed by atoms with Gasteiger partial charge < -0.3 is 19.7 Å². The van der Waals surface area contributed by atoms with Gasteiger partial charge in [0.15, 0.2) is 12.6 Å². The molecule has 1 N–H and O–H groups in total. The van der Waals surface area contributed by atoms with Crippen LogP contribution in [-0.2, 0) is 11.3 Å². The summed E-state index contributed by atoms with van der Waals surface area (Å²) < 4.78 is 46.1. The lowest BCUT2D eigenvalue weighted by atomic mass is 10.1. The Morgan fingerprint density at radius 1 is 1.44 bits per heavy atom. The third kappa shape index (κ3) is 6.41. The first kappa shape index (κ1) is 19.3. The van der Waals surface area contributed by atoms with E-state index >= 15 is 0 Å². The van der Waals surface area contributed by atoms with Gasteiger partial charge in [-0.15, -0.1) is 0 Å².